The number of nitrogens with zero attached hydrogens (tertiary/aromatic N) is 1. The maximum absolute atomic E-state index is 13.0. The summed E-state index contributed by atoms with van der Waals surface area (Å²) in [7, 11) is 0. The van der Waals surface area contributed by atoms with Gasteiger partial charge in [0.25, 0.3) is 0 Å². The lowest BCUT2D eigenvalue weighted by Crippen LogP contribution is -2.55. The number of ether oxygens (including phenoxy) is 1. The molecule has 0 aliphatic carbocycles. The van der Waals surface area contributed by atoms with Crippen LogP contribution in [0.5, 0.6) is 0 Å². The zero-order chi connectivity index (χ0) is 17.3. The average Bonchev–Trinajstić information content (AvgIpc) is 2.54. The van der Waals surface area contributed by atoms with Gasteiger partial charge in [0.2, 0.25) is 5.91 Å². The van der Waals surface area contributed by atoms with Crippen LogP contribution < -0.4 is 10.6 Å². The van der Waals surface area contributed by atoms with Crippen molar-refractivity contribution in [1.29, 1.82) is 0 Å². The van der Waals surface area contributed by atoms with Crippen molar-refractivity contribution in [2.45, 2.75) is 6.04 Å². The Morgan fingerprint density at radius 3 is 2.67 bits per heavy atom. The number of nitrogens with one attached hydrogen (secondary N) is 2. The first-order chi connectivity index (χ1) is 11.5. The Kier molecular flexibility index (Phi) is 4.99. The fourth-order valence-corrected chi connectivity index (χ4v) is 3.49. The van der Waals surface area contributed by atoms with E-state index < -0.39 is 18.0 Å². The topological polar surface area (TPSA) is 70.7 Å². The molecular formula is C16H17Cl2N3O3. The van der Waals surface area contributed by atoms with Crippen LogP contribution in [-0.4, -0.2) is 43.1 Å². The minimum atomic E-state index is -0.653. The van der Waals surface area contributed by atoms with E-state index in [4.69, 9.17) is 27.9 Å². The molecule has 2 saturated heterocycles. The minimum Gasteiger partial charge on any atom is -0.378 e. The Morgan fingerprint density at radius 2 is 2.00 bits per heavy atom. The molecule has 2 atom stereocenters. The summed E-state index contributed by atoms with van der Waals surface area (Å²) in [5.74, 6) is -0.772. The van der Waals surface area contributed by atoms with Gasteiger partial charge >= 0.3 is 6.03 Å². The molecule has 8 heteroatoms. The molecule has 0 bridgehead atoms. The number of hydrogen-bond acceptors (Lipinski definition) is 3. The molecule has 0 unspecified atom stereocenters. The molecule has 24 heavy (non-hydrogen) atoms. The molecule has 2 fully saturated rings. The Hall–Kier alpha value is -1.76. The molecule has 3 amide bonds. The smallest absolute Gasteiger partial charge is 0.319 e. The largest absolute Gasteiger partial charge is 0.378 e. The molecule has 0 aromatic heterocycles. The van der Waals surface area contributed by atoms with Gasteiger partial charge in [-0.1, -0.05) is 35.8 Å². The van der Waals surface area contributed by atoms with E-state index in [2.05, 4.69) is 17.2 Å². The monoisotopic (exact) mass is 369 g/mol. The summed E-state index contributed by atoms with van der Waals surface area (Å²) in [6, 6.07) is 3.96. The lowest BCUT2D eigenvalue weighted by atomic mass is 9.87. The van der Waals surface area contributed by atoms with Crippen LogP contribution in [0, 0.1) is 5.92 Å². The van der Waals surface area contributed by atoms with Gasteiger partial charge in [-0.15, -0.1) is 0 Å². The van der Waals surface area contributed by atoms with Gasteiger partial charge in [-0.3, -0.25) is 4.79 Å². The van der Waals surface area contributed by atoms with Crippen LogP contribution in [0.2, 0.25) is 10.0 Å². The minimum absolute atomic E-state index is 0.119. The summed E-state index contributed by atoms with van der Waals surface area (Å²) in [5, 5.41) is 6.24. The van der Waals surface area contributed by atoms with Gasteiger partial charge in [-0.25, -0.2) is 4.79 Å². The lowest BCUT2D eigenvalue weighted by Gasteiger charge is -2.38. The van der Waals surface area contributed by atoms with E-state index >= 15 is 0 Å². The summed E-state index contributed by atoms with van der Waals surface area (Å²) in [6.45, 7) is 5.88. The zero-order valence-electron chi connectivity index (χ0n) is 12.9. The molecule has 0 spiro atoms. The van der Waals surface area contributed by atoms with E-state index in [0.717, 1.165) is 0 Å². The Balaban J connectivity index is 1.94. The van der Waals surface area contributed by atoms with Gasteiger partial charge in [0.1, 0.15) is 5.92 Å². The average molecular weight is 370 g/mol. The van der Waals surface area contributed by atoms with E-state index in [9.17, 15) is 9.59 Å². The first-order valence-electron chi connectivity index (χ1n) is 7.55. The normalized spacial score (nSPS) is 24.3. The molecule has 3 rings (SSSR count). The molecule has 1 aromatic carbocycles. The summed E-state index contributed by atoms with van der Waals surface area (Å²) < 4.78 is 5.29. The number of halogens is 2. The van der Waals surface area contributed by atoms with Crippen molar-refractivity contribution in [3.05, 3.63) is 46.1 Å². The number of carbonyl (C=O) groups excluding carboxylic acids is 2. The highest BCUT2D eigenvalue weighted by Crippen LogP contribution is 2.35. The van der Waals surface area contributed by atoms with Crippen LogP contribution in [0.4, 0.5) is 4.79 Å². The summed E-state index contributed by atoms with van der Waals surface area (Å²) in [4.78, 5) is 26.6. The van der Waals surface area contributed by atoms with Crippen molar-refractivity contribution < 1.29 is 14.3 Å². The van der Waals surface area contributed by atoms with Crippen LogP contribution in [0.25, 0.3) is 0 Å². The number of amides is 3. The molecule has 6 nitrogen and oxygen atoms in total. The molecule has 2 aliphatic heterocycles. The van der Waals surface area contributed by atoms with Crippen LogP contribution in [0.15, 0.2) is 30.5 Å². The molecule has 128 valence electrons. The second kappa shape index (κ2) is 7.01. The second-order valence-corrected chi connectivity index (χ2v) is 6.53. The summed E-state index contributed by atoms with van der Waals surface area (Å²) in [5.41, 5.74) is 0.981. The first kappa shape index (κ1) is 17.1. The summed E-state index contributed by atoms with van der Waals surface area (Å²) in [6.07, 6.45) is 0. The lowest BCUT2D eigenvalue weighted by molar-refractivity contribution is -0.139. The second-order valence-electron chi connectivity index (χ2n) is 5.68. The number of hydrogen-bond donors (Lipinski definition) is 2. The highest BCUT2D eigenvalue weighted by atomic mass is 35.5. The van der Waals surface area contributed by atoms with Gasteiger partial charge in [0.05, 0.1) is 19.3 Å². The molecule has 1 aromatic rings. The molecule has 2 aliphatic rings. The summed E-state index contributed by atoms with van der Waals surface area (Å²) >= 11 is 12.2. The quantitative estimate of drug-likeness (QED) is 0.840. The van der Waals surface area contributed by atoms with E-state index in [1.54, 1.807) is 23.1 Å². The number of benzene rings is 1. The van der Waals surface area contributed by atoms with Gasteiger partial charge in [0, 0.05) is 28.8 Å². The highest BCUT2D eigenvalue weighted by molar-refractivity contribution is 6.35. The van der Waals surface area contributed by atoms with Crippen molar-refractivity contribution in [3.63, 3.8) is 0 Å². The molecule has 0 radical (unpaired) electrons. The van der Waals surface area contributed by atoms with E-state index in [1.807, 2.05) is 0 Å². The third-order valence-electron chi connectivity index (χ3n) is 4.16. The third-order valence-corrected chi connectivity index (χ3v) is 4.72. The van der Waals surface area contributed by atoms with Gasteiger partial charge in [0.15, 0.2) is 0 Å². The van der Waals surface area contributed by atoms with Crippen molar-refractivity contribution in [2.24, 2.45) is 5.92 Å². The van der Waals surface area contributed by atoms with Crippen LogP contribution in [0.1, 0.15) is 11.6 Å². The predicted octanol–water partition coefficient (Wildman–Crippen LogP) is 2.34. The van der Waals surface area contributed by atoms with Gasteiger partial charge in [-0.2, -0.15) is 0 Å². The number of morpholine rings is 1. The number of urea groups is 1. The SMILES string of the molecule is C=C1NC(=O)N[C@@H](c2ccc(Cl)cc2Cl)[C@@H]1C(=O)N1CCOCC1. The van der Waals surface area contributed by atoms with E-state index in [0.29, 0.717) is 47.6 Å². The Morgan fingerprint density at radius 1 is 1.29 bits per heavy atom. The van der Waals surface area contributed by atoms with Gasteiger partial charge < -0.3 is 20.3 Å². The standard InChI is InChI=1S/C16H17Cl2N3O3/c1-9-13(15(22)21-4-6-24-7-5-21)14(20-16(23)19-9)11-3-2-10(17)8-12(11)18/h2-3,8,13-14H,1,4-7H2,(H2,19,20,23)/t13-,14+/m1/s1. The van der Waals surface area contributed by atoms with E-state index in [1.165, 1.54) is 0 Å². The third kappa shape index (κ3) is 3.36. The zero-order valence-corrected chi connectivity index (χ0v) is 14.4. The van der Waals surface area contributed by atoms with E-state index in [-0.39, 0.29) is 5.91 Å². The maximum atomic E-state index is 13.0. The van der Waals surface area contributed by atoms with Crippen molar-refractivity contribution in [3.8, 4) is 0 Å². The molecular weight excluding hydrogens is 353 g/mol. The Labute approximate surface area is 149 Å². The van der Waals surface area contributed by atoms with Crippen LogP contribution >= 0.6 is 23.2 Å². The fourth-order valence-electron chi connectivity index (χ4n) is 2.97. The van der Waals surface area contributed by atoms with Crippen molar-refractivity contribution in [2.75, 3.05) is 26.3 Å². The Bertz CT molecular complexity index is 689. The van der Waals surface area contributed by atoms with Crippen LogP contribution in [0.3, 0.4) is 0 Å². The van der Waals surface area contributed by atoms with Gasteiger partial charge in [-0.05, 0) is 17.7 Å². The molecule has 2 heterocycles. The fraction of sp³-hybridized carbons (Fsp3) is 0.375. The number of carbonyl (C=O) groups is 2. The highest BCUT2D eigenvalue weighted by Gasteiger charge is 2.40. The first-order valence-corrected chi connectivity index (χ1v) is 8.31. The molecule has 0 saturated carbocycles. The van der Waals surface area contributed by atoms with Crippen LogP contribution in [-0.2, 0) is 9.53 Å². The number of rotatable bonds is 2. The predicted molar refractivity (Wildman–Crippen MR) is 90.9 cm³/mol. The maximum Gasteiger partial charge on any atom is 0.319 e. The van der Waals surface area contributed by atoms with Crippen molar-refractivity contribution in [1.82, 2.24) is 15.5 Å². The van der Waals surface area contributed by atoms with Crippen molar-refractivity contribution >= 4 is 35.1 Å². The molecule has 2 N–H and O–H groups in total.